The van der Waals surface area contributed by atoms with Gasteiger partial charge in [-0.15, -0.1) is 0 Å². The number of aliphatic carboxylic acids is 2. The monoisotopic (exact) mass is 318 g/mol. The van der Waals surface area contributed by atoms with E-state index >= 15 is 0 Å². The summed E-state index contributed by atoms with van der Waals surface area (Å²) in [7, 11) is 0. The zero-order valence-electron chi connectivity index (χ0n) is 9.64. The van der Waals surface area contributed by atoms with Gasteiger partial charge in [-0.1, -0.05) is 19.9 Å². The summed E-state index contributed by atoms with van der Waals surface area (Å²) < 4.78 is 10.2. The summed E-state index contributed by atoms with van der Waals surface area (Å²) in [5.74, 6) is -6.01. The maximum atomic E-state index is 10.9. The van der Waals surface area contributed by atoms with Crippen molar-refractivity contribution in [2.24, 2.45) is 0 Å². The van der Waals surface area contributed by atoms with Gasteiger partial charge in [-0.2, -0.15) is 0 Å². The molecule has 7 heteroatoms. The summed E-state index contributed by atoms with van der Waals surface area (Å²) >= 11 is 3.11. The number of fused-ring (bicyclic) bond motifs is 1. The quantitative estimate of drug-likeness (QED) is 0.811. The van der Waals surface area contributed by atoms with Crippen molar-refractivity contribution in [1.82, 2.24) is 0 Å². The average molecular weight is 319 g/mol. The SMILES string of the molecule is CC.O=C(O)C1(C(=O)O)Oc2cccc(Br)c2O1. The number of carboxylic acids is 2. The topological polar surface area (TPSA) is 93.1 Å². The second-order valence-corrected chi connectivity index (χ2v) is 3.85. The second-order valence-electron chi connectivity index (χ2n) is 3.00. The van der Waals surface area contributed by atoms with Crippen LogP contribution in [0.5, 0.6) is 11.5 Å². The van der Waals surface area contributed by atoms with Gasteiger partial charge >= 0.3 is 17.7 Å². The van der Waals surface area contributed by atoms with Gasteiger partial charge in [0.25, 0.3) is 0 Å². The molecular weight excluding hydrogens is 308 g/mol. The number of hydrogen-bond acceptors (Lipinski definition) is 4. The van der Waals surface area contributed by atoms with E-state index < -0.39 is 17.7 Å². The predicted octanol–water partition coefficient (Wildman–Crippen LogP) is 2.11. The number of carbonyl (C=O) groups is 2. The molecule has 0 saturated heterocycles. The zero-order chi connectivity index (χ0) is 13.9. The van der Waals surface area contributed by atoms with Crippen molar-refractivity contribution in [2.45, 2.75) is 19.6 Å². The van der Waals surface area contributed by atoms with Crippen molar-refractivity contribution in [3.05, 3.63) is 22.7 Å². The van der Waals surface area contributed by atoms with Gasteiger partial charge in [-0.25, -0.2) is 9.59 Å². The van der Waals surface area contributed by atoms with Gasteiger partial charge in [0, 0.05) is 0 Å². The van der Waals surface area contributed by atoms with Crippen LogP contribution in [0.25, 0.3) is 0 Å². The van der Waals surface area contributed by atoms with Crippen molar-refractivity contribution in [3.8, 4) is 11.5 Å². The fourth-order valence-electron chi connectivity index (χ4n) is 1.25. The van der Waals surface area contributed by atoms with Crippen LogP contribution in [0.2, 0.25) is 0 Å². The van der Waals surface area contributed by atoms with Crippen molar-refractivity contribution >= 4 is 27.9 Å². The molecule has 1 aromatic carbocycles. The van der Waals surface area contributed by atoms with Gasteiger partial charge < -0.3 is 19.7 Å². The molecule has 0 radical (unpaired) electrons. The first-order valence-corrected chi connectivity index (χ1v) is 5.90. The molecule has 1 aromatic rings. The standard InChI is InChI=1S/C9H5BrO6.C2H6/c10-4-2-1-3-5-6(4)16-9(15-5,7(11)12)8(13)14;1-2/h1-3H,(H,11,12)(H,13,14);1-2H3. The minimum Gasteiger partial charge on any atom is -0.475 e. The molecule has 0 aromatic heterocycles. The normalized spacial score (nSPS) is 14.4. The summed E-state index contributed by atoms with van der Waals surface area (Å²) in [4.78, 5) is 21.8. The highest BCUT2D eigenvalue weighted by molar-refractivity contribution is 9.10. The second kappa shape index (κ2) is 5.26. The smallest absolute Gasteiger partial charge is 0.453 e. The van der Waals surface area contributed by atoms with Gasteiger partial charge in [0.05, 0.1) is 4.47 Å². The Labute approximate surface area is 111 Å². The molecule has 0 unspecified atom stereocenters. The molecule has 0 saturated carbocycles. The summed E-state index contributed by atoms with van der Waals surface area (Å²) in [5, 5.41) is 17.7. The van der Waals surface area contributed by atoms with Crippen molar-refractivity contribution < 1.29 is 29.3 Å². The number of halogens is 1. The highest BCUT2D eigenvalue weighted by Gasteiger charge is 2.58. The fourth-order valence-corrected chi connectivity index (χ4v) is 1.68. The van der Waals surface area contributed by atoms with E-state index in [0.717, 1.165) is 0 Å². The fraction of sp³-hybridized carbons (Fsp3) is 0.273. The van der Waals surface area contributed by atoms with Crippen molar-refractivity contribution in [1.29, 1.82) is 0 Å². The van der Waals surface area contributed by atoms with Crippen LogP contribution >= 0.6 is 15.9 Å². The molecule has 2 rings (SSSR count). The van der Waals surface area contributed by atoms with Crippen LogP contribution in [0, 0.1) is 0 Å². The molecule has 0 fully saturated rings. The van der Waals surface area contributed by atoms with Crippen LogP contribution in [0.1, 0.15) is 13.8 Å². The van der Waals surface area contributed by atoms with E-state index in [9.17, 15) is 9.59 Å². The first kappa shape index (κ1) is 14.3. The molecule has 18 heavy (non-hydrogen) atoms. The lowest BCUT2D eigenvalue weighted by atomic mass is 10.3. The molecule has 0 atom stereocenters. The Kier molecular flexibility index (Phi) is 4.18. The van der Waals surface area contributed by atoms with E-state index in [0.29, 0.717) is 4.47 Å². The zero-order valence-corrected chi connectivity index (χ0v) is 11.2. The lowest BCUT2D eigenvalue weighted by molar-refractivity contribution is -0.194. The van der Waals surface area contributed by atoms with Gasteiger partial charge in [0.1, 0.15) is 0 Å². The Balaban J connectivity index is 0.000000771. The van der Waals surface area contributed by atoms with E-state index in [4.69, 9.17) is 19.7 Å². The molecule has 98 valence electrons. The maximum Gasteiger partial charge on any atom is 0.453 e. The van der Waals surface area contributed by atoms with Gasteiger partial charge in [-0.05, 0) is 28.1 Å². The lowest BCUT2D eigenvalue weighted by Gasteiger charge is -2.17. The van der Waals surface area contributed by atoms with E-state index in [1.165, 1.54) is 6.07 Å². The third-order valence-electron chi connectivity index (χ3n) is 1.99. The van der Waals surface area contributed by atoms with Crippen LogP contribution in [-0.2, 0) is 9.59 Å². The van der Waals surface area contributed by atoms with Gasteiger partial charge in [-0.3, -0.25) is 0 Å². The molecule has 6 nitrogen and oxygen atoms in total. The van der Waals surface area contributed by atoms with Gasteiger partial charge in [0.15, 0.2) is 11.5 Å². The Morgan fingerprint density at radius 2 is 1.72 bits per heavy atom. The van der Waals surface area contributed by atoms with E-state index in [-0.39, 0.29) is 11.5 Å². The molecule has 0 bridgehead atoms. The highest BCUT2D eigenvalue weighted by atomic mass is 79.9. The predicted molar refractivity (Wildman–Crippen MR) is 64.7 cm³/mol. The molecule has 0 amide bonds. The minimum atomic E-state index is -2.70. The van der Waals surface area contributed by atoms with E-state index in [1.807, 2.05) is 13.8 Å². The molecule has 1 heterocycles. The number of rotatable bonds is 2. The van der Waals surface area contributed by atoms with Crippen molar-refractivity contribution in [3.63, 3.8) is 0 Å². The summed E-state index contributed by atoms with van der Waals surface area (Å²) in [6, 6.07) is 4.59. The molecule has 2 N–H and O–H groups in total. The lowest BCUT2D eigenvalue weighted by Crippen LogP contribution is -2.54. The third-order valence-corrected chi connectivity index (χ3v) is 2.62. The number of para-hydroxylation sites is 1. The number of carboxylic acid groups (broad SMARTS) is 2. The van der Waals surface area contributed by atoms with Crippen LogP contribution in [0.15, 0.2) is 22.7 Å². The summed E-state index contributed by atoms with van der Waals surface area (Å²) in [5.41, 5.74) is 0. The Morgan fingerprint density at radius 3 is 2.17 bits per heavy atom. The van der Waals surface area contributed by atoms with Crippen LogP contribution in [0.4, 0.5) is 0 Å². The molecular formula is C11H11BrO6. The first-order chi connectivity index (χ1) is 8.47. The molecule has 1 aliphatic rings. The minimum absolute atomic E-state index is 0.0623. The average Bonchev–Trinajstić information content (AvgIpc) is 2.74. The largest absolute Gasteiger partial charge is 0.475 e. The van der Waals surface area contributed by atoms with Crippen LogP contribution in [-0.4, -0.2) is 27.9 Å². The number of ether oxygens (including phenoxy) is 2. The Bertz CT molecular complexity index is 470. The highest BCUT2D eigenvalue weighted by Crippen LogP contribution is 2.44. The maximum absolute atomic E-state index is 10.9. The van der Waals surface area contributed by atoms with E-state index in [2.05, 4.69) is 15.9 Å². The summed E-state index contributed by atoms with van der Waals surface area (Å²) in [6.45, 7) is 4.00. The van der Waals surface area contributed by atoms with Crippen molar-refractivity contribution in [2.75, 3.05) is 0 Å². The molecule has 0 aliphatic carbocycles. The molecule has 1 aliphatic heterocycles. The third kappa shape index (κ3) is 2.13. The number of hydrogen-bond donors (Lipinski definition) is 2. The number of benzene rings is 1. The van der Waals surface area contributed by atoms with E-state index in [1.54, 1.807) is 12.1 Å². The first-order valence-electron chi connectivity index (χ1n) is 5.10. The Morgan fingerprint density at radius 1 is 1.17 bits per heavy atom. The Hall–Kier alpha value is -1.76. The van der Waals surface area contributed by atoms with Crippen LogP contribution < -0.4 is 9.47 Å². The summed E-state index contributed by atoms with van der Waals surface area (Å²) in [6.07, 6.45) is 0. The molecule has 0 spiro atoms. The van der Waals surface area contributed by atoms with Gasteiger partial charge in [0.2, 0.25) is 0 Å². The van der Waals surface area contributed by atoms with Crippen LogP contribution in [0.3, 0.4) is 0 Å².